The van der Waals surface area contributed by atoms with Gasteiger partial charge in [-0.05, 0) is 97.7 Å². The molecule has 0 aromatic heterocycles. The van der Waals surface area contributed by atoms with Gasteiger partial charge < -0.3 is 19.1 Å². The Balaban J connectivity index is 1.43. The quantitative estimate of drug-likeness (QED) is 0.441. The van der Waals surface area contributed by atoms with Gasteiger partial charge in [-0.3, -0.25) is 4.79 Å². The molecule has 0 saturated heterocycles. The predicted octanol–water partition coefficient (Wildman–Crippen LogP) is 5.52. The number of sulfonamides is 1. The van der Waals surface area contributed by atoms with Crippen molar-refractivity contribution in [2.75, 3.05) is 45.4 Å². The number of hydrogen-bond acceptors (Lipinski definition) is 7. The summed E-state index contributed by atoms with van der Waals surface area (Å²) in [5.74, 6) is 0.505. The molecule has 1 N–H and O–H groups in total. The van der Waals surface area contributed by atoms with Crippen LogP contribution in [0.15, 0.2) is 48.6 Å². The van der Waals surface area contributed by atoms with Crippen molar-refractivity contribution in [1.82, 2.24) is 4.72 Å². The minimum absolute atomic E-state index is 0.0173. The molecule has 2 aromatic rings. The second-order valence-corrected chi connectivity index (χ2v) is 15.4. The molecule has 6 rings (SSSR count). The van der Waals surface area contributed by atoms with Gasteiger partial charge in [0.05, 0.1) is 25.0 Å². The molecule has 1 spiro atoms. The third kappa shape index (κ3) is 6.00. The lowest BCUT2D eigenvalue weighted by molar-refractivity contribution is 0.0131. The lowest BCUT2D eigenvalue weighted by Gasteiger charge is -2.46. The first-order chi connectivity index (χ1) is 21.1. The number of aryl methyl sites for hydroxylation is 1. The van der Waals surface area contributed by atoms with Crippen LogP contribution in [0.25, 0.3) is 0 Å². The molecular formula is C34H43ClN2O6S. The van der Waals surface area contributed by atoms with Crippen molar-refractivity contribution >= 4 is 33.2 Å². The zero-order valence-electron chi connectivity index (χ0n) is 25.8. The van der Waals surface area contributed by atoms with Crippen molar-refractivity contribution in [3.8, 4) is 5.75 Å². The molecule has 1 fully saturated rings. The van der Waals surface area contributed by atoms with Gasteiger partial charge in [0, 0.05) is 43.3 Å². The molecule has 2 aromatic carbocycles. The number of amides is 1. The van der Waals surface area contributed by atoms with E-state index in [1.54, 1.807) is 19.2 Å². The van der Waals surface area contributed by atoms with Crippen LogP contribution in [0, 0.1) is 17.8 Å². The molecule has 2 heterocycles. The minimum atomic E-state index is -4.03. The summed E-state index contributed by atoms with van der Waals surface area (Å²) >= 11 is 6.41. The third-order valence-corrected chi connectivity index (χ3v) is 12.5. The van der Waals surface area contributed by atoms with Crippen molar-refractivity contribution in [3.05, 3.63) is 70.3 Å². The number of rotatable bonds is 3. The van der Waals surface area contributed by atoms with Gasteiger partial charge in [-0.2, -0.15) is 0 Å². The zero-order valence-corrected chi connectivity index (χ0v) is 27.3. The molecule has 2 aliphatic carbocycles. The number of nitrogens with zero attached hydrogens (tertiary/aromatic N) is 1. The fourth-order valence-electron chi connectivity index (χ4n) is 7.76. The van der Waals surface area contributed by atoms with Crippen LogP contribution in [-0.2, 0) is 31.3 Å². The number of fused-ring (bicyclic) bond motifs is 4. The molecule has 238 valence electrons. The van der Waals surface area contributed by atoms with Gasteiger partial charge in [-0.15, -0.1) is 0 Å². The Bertz CT molecular complexity index is 1530. The minimum Gasteiger partial charge on any atom is -0.490 e. The average Bonchev–Trinajstić information content (AvgIpc) is 3.13. The monoisotopic (exact) mass is 642 g/mol. The molecule has 6 atom stereocenters. The summed E-state index contributed by atoms with van der Waals surface area (Å²) < 4.78 is 47.3. The number of nitrogens with one attached hydrogen (secondary N) is 1. The Morgan fingerprint density at radius 3 is 2.75 bits per heavy atom. The van der Waals surface area contributed by atoms with Gasteiger partial charge in [0.2, 0.25) is 10.0 Å². The maximum atomic E-state index is 13.5. The molecule has 1 saturated carbocycles. The first-order valence-electron chi connectivity index (χ1n) is 15.7. The van der Waals surface area contributed by atoms with E-state index in [0.29, 0.717) is 30.6 Å². The Labute approximate surface area is 266 Å². The second kappa shape index (κ2) is 12.7. The molecule has 44 heavy (non-hydrogen) atoms. The number of carbonyl (C=O) groups is 1. The fraction of sp³-hybridized carbons (Fsp3) is 0.559. The summed E-state index contributed by atoms with van der Waals surface area (Å²) in [5, 5.41) is -0.154. The lowest BCUT2D eigenvalue weighted by atomic mass is 9.68. The van der Waals surface area contributed by atoms with Crippen molar-refractivity contribution in [2.45, 2.75) is 62.2 Å². The van der Waals surface area contributed by atoms with E-state index in [1.165, 1.54) is 18.2 Å². The number of benzene rings is 2. The highest BCUT2D eigenvalue weighted by Gasteiger charge is 2.44. The number of methoxy groups -OCH3 is 2. The SMILES string of the molecule is COC[C@@H]1[C@@H](C)C/C=C\[C@H](OC)[C@@H]2CC[C@H]2CN2C[C@@]3(CCCc4cc(Cl)ccc43)COc3ccc(cc32)C(=O)NS1(=O)=O. The number of hydrogen-bond donors (Lipinski definition) is 1. The van der Waals surface area contributed by atoms with Gasteiger partial charge in [-0.1, -0.05) is 36.7 Å². The van der Waals surface area contributed by atoms with Gasteiger partial charge in [0.15, 0.2) is 0 Å². The summed E-state index contributed by atoms with van der Waals surface area (Å²) in [6.07, 6.45) is 9.74. The normalized spacial score (nSPS) is 32.3. The molecule has 8 nitrogen and oxygen atoms in total. The number of allylic oxidation sites excluding steroid dienone is 1. The molecule has 10 heteroatoms. The second-order valence-electron chi connectivity index (χ2n) is 13.1. The Hall–Kier alpha value is -2.59. The van der Waals surface area contributed by atoms with Crippen LogP contribution in [0.3, 0.4) is 0 Å². The Morgan fingerprint density at radius 1 is 1.16 bits per heavy atom. The molecule has 0 radical (unpaired) electrons. The summed E-state index contributed by atoms with van der Waals surface area (Å²) in [6, 6.07) is 11.5. The number of anilines is 1. The van der Waals surface area contributed by atoms with Crippen molar-refractivity contribution in [2.24, 2.45) is 17.8 Å². The molecule has 0 unspecified atom stereocenters. The van der Waals surface area contributed by atoms with E-state index in [0.717, 1.165) is 55.9 Å². The predicted molar refractivity (Wildman–Crippen MR) is 172 cm³/mol. The number of ether oxygens (including phenoxy) is 3. The van der Waals surface area contributed by atoms with E-state index < -0.39 is 21.2 Å². The van der Waals surface area contributed by atoms with Crippen LogP contribution in [-0.4, -0.2) is 66.2 Å². The Kier molecular flexibility index (Phi) is 9.03. The van der Waals surface area contributed by atoms with Crippen LogP contribution >= 0.6 is 11.6 Å². The zero-order chi connectivity index (χ0) is 31.1. The standard InChI is InChI=1S/C34H43ClN2O6S/c1-22-6-4-8-30(42-3)27-12-9-25(27)18-37-20-34(15-5-7-23-16-26(35)11-13-28(23)34)21-43-31-14-10-24(17-29(31)37)33(38)36-44(39,40)32(22)19-41-2/h4,8,10-11,13-14,16-17,22,25,27,30,32H,5-7,9,12,15,18-21H2,1-3H3,(H,36,38)/b8-4-/t22-,25-,27+,30-,32+,34-/m0/s1. The highest BCUT2D eigenvalue weighted by Crippen LogP contribution is 2.47. The third-order valence-electron chi connectivity index (χ3n) is 10.4. The summed E-state index contributed by atoms with van der Waals surface area (Å²) in [6.45, 7) is 3.88. The maximum Gasteiger partial charge on any atom is 0.264 e. The molecule has 2 aliphatic heterocycles. The van der Waals surface area contributed by atoms with Crippen LogP contribution in [0.1, 0.15) is 60.5 Å². The maximum absolute atomic E-state index is 13.5. The van der Waals surface area contributed by atoms with Crippen molar-refractivity contribution in [1.29, 1.82) is 0 Å². The van der Waals surface area contributed by atoms with Gasteiger partial charge >= 0.3 is 0 Å². The average molecular weight is 643 g/mol. The van der Waals surface area contributed by atoms with E-state index in [1.807, 2.05) is 25.1 Å². The van der Waals surface area contributed by atoms with E-state index >= 15 is 0 Å². The number of halogens is 1. The molecule has 4 aliphatic rings. The fourth-order valence-corrected chi connectivity index (χ4v) is 9.52. The molecule has 2 bridgehead atoms. The highest BCUT2D eigenvalue weighted by atomic mass is 35.5. The smallest absolute Gasteiger partial charge is 0.264 e. The van der Waals surface area contributed by atoms with E-state index in [2.05, 4.69) is 27.8 Å². The van der Waals surface area contributed by atoms with Crippen molar-refractivity contribution in [3.63, 3.8) is 0 Å². The van der Waals surface area contributed by atoms with E-state index in [-0.39, 0.29) is 29.6 Å². The van der Waals surface area contributed by atoms with Gasteiger partial charge in [0.1, 0.15) is 11.0 Å². The van der Waals surface area contributed by atoms with E-state index in [9.17, 15) is 13.2 Å². The first kappa shape index (κ1) is 31.4. The summed E-state index contributed by atoms with van der Waals surface area (Å²) in [4.78, 5) is 15.9. The first-order valence-corrected chi connectivity index (χ1v) is 17.6. The topological polar surface area (TPSA) is 94.2 Å². The largest absolute Gasteiger partial charge is 0.490 e. The van der Waals surface area contributed by atoms with Crippen molar-refractivity contribution < 1.29 is 27.4 Å². The molecular weight excluding hydrogens is 600 g/mol. The van der Waals surface area contributed by atoms with Crippen LogP contribution in [0.2, 0.25) is 5.02 Å². The van der Waals surface area contributed by atoms with Crippen LogP contribution < -0.4 is 14.4 Å². The van der Waals surface area contributed by atoms with Crippen LogP contribution in [0.5, 0.6) is 5.75 Å². The lowest BCUT2D eigenvalue weighted by Crippen LogP contribution is -2.49. The van der Waals surface area contributed by atoms with Gasteiger partial charge in [0.25, 0.3) is 5.91 Å². The summed E-state index contributed by atoms with van der Waals surface area (Å²) in [7, 11) is -0.808. The Morgan fingerprint density at radius 2 is 2.00 bits per heavy atom. The van der Waals surface area contributed by atoms with Gasteiger partial charge in [-0.25, -0.2) is 13.1 Å². The number of carbonyl (C=O) groups excluding carboxylic acids is 1. The van der Waals surface area contributed by atoms with Crippen LogP contribution in [0.4, 0.5) is 5.69 Å². The van der Waals surface area contributed by atoms with E-state index in [4.69, 9.17) is 25.8 Å². The molecule has 1 amide bonds. The highest BCUT2D eigenvalue weighted by molar-refractivity contribution is 7.90. The summed E-state index contributed by atoms with van der Waals surface area (Å²) in [5.41, 5.74) is 3.40.